The lowest BCUT2D eigenvalue weighted by molar-refractivity contribution is 1.19. The molecule has 4 N–H and O–H groups in total. The molecule has 0 aromatic rings. The van der Waals surface area contributed by atoms with E-state index in [9.17, 15) is 0 Å². The summed E-state index contributed by atoms with van der Waals surface area (Å²) in [4.78, 5) is 3.71. The summed E-state index contributed by atoms with van der Waals surface area (Å²) in [6.45, 7) is 3.23. The van der Waals surface area contributed by atoms with Gasteiger partial charge in [0.15, 0.2) is 0 Å². The zero-order valence-electron chi connectivity index (χ0n) is 6.48. The van der Waals surface area contributed by atoms with Crippen molar-refractivity contribution < 1.29 is 0 Å². The van der Waals surface area contributed by atoms with Crippen LogP contribution < -0.4 is 11.1 Å². The zero-order chi connectivity index (χ0) is 8.85. The normalized spacial score (nSPS) is 13.0. The first-order valence-corrected chi connectivity index (χ1v) is 3.38. The number of nitrogens with two attached hydrogens (primary N) is 1. The number of nitrogens with one attached hydrogen (secondary N) is 2. The van der Waals surface area contributed by atoms with Crippen molar-refractivity contribution in [2.75, 3.05) is 0 Å². The predicted molar refractivity (Wildman–Crippen MR) is 47.8 cm³/mol. The van der Waals surface area contributed by atoms with Crippen LogP contribution in [0, 0.1) is 5.41 Å². The number of rotatable bonds is 2. The summed E-state index contributed by atoms with van der Waals surface area (Å²) in [5.74, 6) is 0.684. The highest BCUT2D eigenvalue weighted by atomic mass is 35.5. The van der Waals surface area contributed by atoms with Crippen LogP contribution in [0.3, 0.4) is 0 Å². The van der Waals surface area contributed by atoms with E-state index in [4.69, 9.17) is 22.7 Å². The van der Waals surface area contributed by atoms with Crippen LogP contribution >= 0.6 is 11.6 Å². The van der Waals surface area contributed by atoms with Gasteiger partial charge in [-0.05, 0) is 13.8 Å². The molecule has 0 radical (unpaired) electrons. The standard InChI is InChI=1S/C6H11ClN4/c1-4(8)10-3-6(7)11-5(2)9/h3H,1-2H3,(H2,8,10)(H2,9,11)/b6-3+. The highest BCUT2D eigenvalue weighted by Crippen LogP contribution is 1.99. The van der Waals surface area contributed by atoms with Crippen LogP contribution in [0.25, 0.3) is 0 Å². The smallest absolute Gasteiger partial charge is 0.147 e. The molecule has 0 amide bonds. The molecule has 0 unspecified atom stereocenters. The summed E-state index contributed by atoms with van der Waals surface area (Å²) in [5.41, 5.74) is 5.24. The van der Waals surface area contributed by atoms with Crippen molar-refractivity contribution in [2.24, 2.45) is 10.7 Å². The van der Waals surface area contributed by atoms with E-state index in [1.165, 1.54) is 6.20 Å². The molecule has 0 aromatic carbocycles. The van der Waals surface area contributed by atoms with Gasteiger partial charge in [-0.25, -0.2) is 4.99 Å². The van der Waals surface area contributed by atoms with Crippen molar-refractivity contribution >= 4 is 23.3 Å². The van der Waals surface area contributed by atoms with E-state index >= 15 is 0 Å². The van der Waals surface area contributed by atoms with Crippen LogP contribution in [-0.2, 0) is 0 Å². The van der Waals surface area contributed by atoms with Crippen LogP contribution in [0.15, 0.2) is 16.3 Å². The van der Waals surface area contributed by atoms with Crippen LogP contribution in [0.4, 0.5) is 0 Å². The number of nitrogens with zero attached hydrogens (tertiary/aromatic N) is 1. The average Bonchev–Trinajstić information content (AvgIpc) is 1.82. The first kappa shape index (κ1) is 9.97. The monoisotopic (exact) mass is 174 g/mol. The number of hydrogen-bond donors (Lipinski definition) is 3. The Balaban J connectivity index is 4.02. The molecule has 62 valence electrons. The van der Waals surface area contributed by atoms with Gasteiger partial charge in [0.1, 0.15) is 5.16 Å². The maximum absolute atomic E-state index is 6.98. The fourth-order valence-electron chi connectivity index (χ4n) is 0.369. The number of aliphatic imine (C=N–C) groups is 1. The first-order valence-electron chi connectivity index (χ1n) is 3.00. The third-order valence-electron chi connectivity index (χ3n) is 0.691. The van der Waals surface area contributed by atoms with E-state index in [1.54, 1.807) is 13.8 Å². The molecule has 5 heteroatoms. The molecule has 4 nitrogen and oxygen atoms in total. The van der Waals surface area contributed by atoms with Gasteiger partial charge in [-0.2, -0.15) is 0 Å². The van der Waals surface area contributed by atoms with Crippen LogP contribution in [0.1, 0.15) is 13.8 Å². The second-order valence-corrected chi connectivity index (χ2v) is 2.38. The van der Waals surface area contributed by atoms with Crippen LogP contribution in [-0.4, -0.2) is 11.7 Å². The number of amidine groups is 2. The summed E-state index contributed by atoms with van der Waals surface area (Å²) in [6, 6.07) is 0. The third kappa shape index (κ3) is 6.86. The molecule has 0 spiro atoms. The molecule has 11 heavy (non-hydrogen) atoms. The molecule has 0 saturated heterocycles. The van der Waals surface area contributed by atoms with E-state index in [2.05, 4.69) is 10.3 Å². The molecular weight excluding hydrogens is 164 g/mol. The number of halogens is 1. The molecule has 0 bridgehead atoms. The van der Waals surface area contributed by atoms with Crippen LogP contribution in [0.5, 0.6) is 0 Å². The molecule has 0 saturated carbocycles. The fraction of sp³-hybridized carbons (Fsp3) is 0.333. The van der Waals surface area contributed by atoms with E-state index in [0.29, 0.717) is 11.7 Å². The van der Waals surface area contributed by atoms with Gasteiger partial charge in [0, 0.05) is 6.20 Å². The minimum atomic E-state index is 0.233. The number of hydrogen-bond acceptors (Lipinski definition) is 2. The minimum absolute atomic E-state index is 0.233. The Hall–Kier alpha value is -1.03. The lowest BCUT2D eigenvalue weighted by atomic mass is 10.6. The molecule has 0 aliphatic heterocycles. The summed E-state index contributed by atoms with van der Waals surface area (Å²) in [7, 11) is 0. The summed E-state index contributed by atoms with van der Waals surface area (Å²) in [5, 5.41) is 9.79. The molecule has 0 aliphatic rings. The van der Waals surface area contributed by atoms with Crippen molar-refractivity contribution in [3.8, 4) is 0 Å². The Morgan fingerprint density at radius 1 is 1.64 bits per heavy atom. The minimum Gasteiger partial charge on any atom is -0.387 e. The maximum Gasteiger partial charge on any atom is 0.147 e. The van der Waals surface area contributed by atoms with E-state index < -0.39 is 0 Å². The van der Waals surface area contributed by atoms with Gasteiger partial charge in [0.25, 0.3) is 0 Å². The van der Waals surface area contributed by atoms with Crippen molar-refractivity contribution in [3.63, 3.8) is 0 Å². The van der Waals surface area contributed by atoms with Crippen LogP contribution in [0.2, 0.25) is 0 Å². The third-order valence-corrected chi connectivity index (χ3v) is 0.885. The summed E-state index contributed by atoms with van der Waals surface area (Å²) >= 11 is 5.55. The van der Waals surface area contributed by atoms with Gasteiger partial charge in [0.2, 0.25) is 0 Å². The Kier molecular flexibility index (Phi) is 4.29. The van der Waals surface area contributed by atoms with Crippen molar-refractivity contribution in [3.05, 3.63) is 11.4 Å². The van der Waals surface area contributed by atoms with Crippen molar-refractivity contribution in [1.82, 2.24) is 5.32 Å². The quantitative estimate of drug-likeness (QED) is 0.332. The molecule has 0 heterocycles. The Labute approximate surface area is 70.6 Å². The molecule has 0 fully saturated rings. The molecular formula is C6H11ClN4. The summed E-state index contributed by atoms with van der Waals surface area (Å²) in [6.07, 6.45) is 1.40. The maximum atomic E-state index is 6.98. The van der Waals surface area contributed by atoms with Gasteiger partial charge in [0.05, 0.1) is 11.7 Å². The molecule has 0 aliphatic carbocycles. The molecule has 0 atom stereocenters. The van der Waals surface area contributed by atoms with Crippen molar-refractivity contribution in [1.29, 1.82) is 5.41 Å². The largest absolute Gasteiger partial charge is 0.387 e. The topological polar surface area (TPSA) is 74.3 Å². The van der Waals surface area contributed by atoms with E-state index in [0.717, 1.165) is 0 Å². The van der Waals surface area contributed by atoms with Gasteiger partial charge in [-0.1, -0.05) is 11.6 Å². The van der Waals surface area contributed by atoms with Gasteiger partial charge >= 0.3 is 0 Å². The Bertz CT molecular complexity index is 203. The van der Waals surface area contributed by atoms with Gasteiger partial charge in [-0.15, -0.1) is 0 Å². The first-order chi connectivity index (χ1) is 5.02. The highest BCUT2D eigenvalue weighted by molar-refractivity contribution is 6.30. The second kappa shape index (κ2) is 4.73. The van der Waals surface area contributed by atoms with Crippen molar-refractivity contribution in [2.45, 2.75) is 13.8 Å². The fourth-order valence-corrected chi connectivity index (χ4v) is 0.556. The second-order valence-electron chi connectivity index (χ2n) is 1.99. The molecule has 0 rings (SSSR count). The summed E-state index contributed by atoms with van der Waals surface area (Å²) < 4.78 is 0. The Morgan fingerprint density at radius 2 is 2.18 bits per heavy atom. The molecule has 0 aromatic heterocycles. The lowest BCUT2D eigenvalue weighted by Gasteiger charge is -1.95. The predicted octanol–water partition coefficient (Wildman–Crippen LogP) is 0.988. The average molecular weight is 175 g/mol. The van der Waals surface area contributed by atoms with E-state index in [1.807, 2.05) is 0 Å². The zero-order valence-corrected chi connectivity index (χ0v) is 7.24. The lowest BCUT2D eigenvalue weighted by Crippen LogP contribution is -2.11. The van der Waals surface area contributed by atoms with Gasteiger partial charge < -0.3 is 11.1 Å². The highest BCUT2D eigenvalue weighted by Gasteiger charge is 1.87. The SMILES string of the molecule is CC(=N)N/C=C(Cl)/N=C(\C)N. The van der Waals surface area contributed by atoms with Gasteiger partial charge in [-0.3, -0.25) is 5.41 Å². The Morgan fingerprint density at radius 3 is 2.55 bits per heavy atom. The van der Waals surface area contributed by atoms with E-state index in [-0.39, 0.29) is 5.16 Å².